The normalized spacial score (nSPS) is 11.3. The number of nitro groups is 4. The Morgan fingerprint density at radius 1 is 0.303 bits per heavy atom. The number of nitrogens with zero attached hydrogens (tertiary/aromatic N) is 16. The Morgan fingerprint density at radius 2 is 0.614 bits per heavy atom. The predicted octanol–water partition coefficient (Wildman–Crippen LogP) is 23.4. The van der Waals surface area contributed by atoms with E-state index in [0.29, 0.717) is 33.5 Å². The summed E-state index contributed by atoms with van der Waals surface area (Å²) in [5.74, 6) is -0.846. The Hall–Kier alpha value is -14.6. The van der Waals surface area contributed by atoms with Crippen LogP contribution in [0, 0.1) is 40.5 Å². The molecule has 1 aliphatic rings. The van der Waals surface area contributed by atoms with Crippen LogP contribution in [0.5, 0.6) is 0 Å². The Morgan fingerprint density at radius 3 is 0.992 bits per heavy atom. The van der Waals surface area contributed by atoms with Gasteiger partial charge in [0.25, 0.3) is 0 Å². The molecule has 6 N–H and O–H groups in total. The van der Waals surface area contributed by atoms with Crippen LogP contribution in [0.2, 0.25) is 0 Å². The average Bonchev–Trinajstić information content (AvgIpc) is 1.41. The molecule has 646 valence electrons. The second-order valence-corrected chi connectivity index (χ2v) is 34.1. The summed E-state index contributed by atoms with van der Waals surface area (Å²) in [5, 5.41) is 65.0. The van der Waals surface area contributed by atoms with Crippen molar-refractivity contribution in [3.63, 3.8) is 0 Å². The van der Waals surface area contributed by atoms with Gasteiger partial charge in [-0.25, -0.2) is 9.97 Å². The van der Waals surface area contributed by atoms with E-state index in [1.807, 2.05) is 127 Å². The molecule has 0 radical (unpaired) electrons. The van der Waals surface area contributed by atoms with Crippen molar-refractivity contribution in [3.05, 3.63) is 361 Å². The van der Waals surface area contributed by atoms with Crippen LogP contribution in [0.3, 0.4) is 0 Å². The fourth-order valence-electron chi connectivity index (χ4n) is 14.5. The standard InChI is InChI=1S/C28H16N4S.C18H10N4O4S.C18H14N4S.C10H6O2.C6H7BO2.C6Br2N4O4S.C6H2Br2N2S/c1-3-10-18(11-4-1)22-25-26(23(19-12-5-2-6-13-19)28-27(22)31-33-32-28)30-24-20-14-8-7-9-17(20)15-16-21(24)29-25;23-21(24)17-13(11-7-3-1-4-8-11)15-16(20-27-19-15)14(18(17)22(25)26)12-9-5-2-6-10-12;19-15-13(11-7-3-1-4-8-11)17-18(22-23-21-17)14(16(15)20)12-9-5-2-6-10-12;11-9-6-5-7-3-1-2-4-8(7)10(9)12;8-7(9)6-4-2-1-3-5-6;7-1-3-4(10-17-9-3)2(8)6(12(15)16)5(1)11(13)14;7-3-1-2-4(8)6-5(3)9-11-10-6/h1-16H;1-10H;1-10H,19-20H2;1-6H;1-5,8-9H;;1-2H. The van der Waals surface area contributed by atoms with Gasteiger partial charge in [-0.3, -0.25) is 50.0 Å². The third kappa shape index (κ3) is 18.7. The molecule has 0 saturated heterocycles. The van der Waals surface area contributed by atoms with Gasteiger partial charge in [-0.15, -0.1) is 0 Å². The number of rotatable bonds is 11. The number of halogens is 4. The predicted molar refractivity (Wildman–Crippen MR) is 535 cm³/mol. The molecule has 6 aromatic heterocycles. The molecule has 0 aliphatic heterocycles. The van der Waals surface area contributed by atoms with Crippen molar-refractivity contribution < 1.29 is 39.3 Å². The number of nitrogen functional groups attached to an aromatic ring is 2. The number of carbonyl (C=O) groups is 2. The van der Waals surface area contributed by atoms with Crippen LogP contribution in [0.25, 0.3) is 161 Å². The second-order valence-electron chi connectivity index (χ2n) is 28.1. The first kappa shape index (κ1) is 90.8. The molecule has 30 nitrogen and oxygen atoms in total. The molecule has 21 aromatic rings. The number of ketones is 2. The van der Waals surface area contributed by atoms with Gasteiger partial charge in [0.05, 0.1) is 112 Å². The molecule has 0 bridgehead atoms. The van der Waals surface area contributed by atoms with Crippen LogP contribution in [0.1, 0.15) is 15.9 Å². The van der Waals surface area contributed by atoms with E-state index in [-0.39, 0.29) is 42.1 Å². The molecule has 0 saturated carbocycles. The summed E-state index contributed by atoms with van der Waals surface area (Å²) >= 11 is 18.0. The molecule has 0 spiro atoms. The molecule has 0 amide bonds. The van der Waals surface area contributed by atoms with E-state index < -0.39 is 61.1 Å². The fourth-order valence-corrected chi connectivity index (χ4v) is 19.8. The maximum Gasteiger partial charge on any atom is 0.488 e. The molecule has 6 heterocycles. The molecule has 0 fully saturated rings. The smallest absolute Gasteiger partial charge is 0.423 e. The third-order valence-electron chi connectivity index (χ3n) is 20.4. The minimum absolute atomic E-state index is 0.0406. The van der Waals surface area contributed by atoms with Crippen LogP contribution in [0.15, 0.2) is 309 Å². The SMILES string of the molecule is Brc1ccc(Br)c2nsnc12.Nc1c(N)c(-c2ccccc2)c2nsnc2c1-c1ccccc1.O=C1C=Cc2ccccc2C1=O.O=[N+]([O-])c1c([N+](=O)[O-])c(-c2ccccc2)c2nsnc2c1-c1ccccc1.O=[N+]([O-])c1c([N+](=O)[O-])c(Br)c2nsnc2c1Br.OB(O)c1ccccc1.c1ccc(-c2c3nsnc3c(-c3ccccc3)c3nc4c(ccc5ccccc54)nc23)cc1. The molecule has 40 heteroatoms. The highest BCUT2D eigenvalue weighted by Gasteiger charge is 2.40. The molecule has 22 rings (SSSR count). The largest absolute Gasteiger partial charge is 0.488 e. The summed E-state index contributed by atoms with van der Waals surface area (Å²) in [7, 11) is -1.34. The van der Waals surface area contributed by atoms with Crippen molar-refractivity contribution in [1.29, 1.82) is 0 Å². The van der Waals surface area contributed by atoms with Gasteiger partial charge in [0, 0.05) is 42.1 Å². The van der Waals surface area contributed by atoms with Gasteiger partial charge >= 0.3 is 29.9 Å². The molecular formula is C92H55BBr4N18O12S5. The van der Waals surface area contributed by atoms with Gasteiger partial charge in [0.2, 0.25) is 11.6 Å². The van der Waals surface area contributed by atoms with Gasteiger partial charge in [-0.05, 0) is 138 Å². The second kappa shape index (κ2) is 40.6. The number of carbonyl (C=O) groups excluding carboxylic acids is 2. The minimum atomic E-state index is -1.34. The first-order valence-corrected chi connectivity index (χ1v) is 45.7. The zero-order valence-corrected chi connectivity index (χ0v) is 77.6. The molecule has 132 heavy (non-hydrogen) atoms. The highest BCUT2D eigenvalue weighted by molar-refractivity contribution is 9.11. The van der Waals surface area contributed by atoms with E-state index in [0.717, 1.165) is 148 Å². The van der Waals surface area contributed by atoms with Crippen molar-refractivity contribution in [3.8, 4) is 66.8 Å². The van der Waals surface area contributed by atoms with Crippen LogP contribution < -0.4 is 16.9 Å². The lowest BCUT2D eigenvalue weighted by Crippen LogP contribution is -2.29. The summed E-state index contributed by atoms with van der Waals surface area (Å²) in [5.41, 5.74) is 31.9. The number of benzene rings is 15. The number of fused-ring (bicyclic) bond motifs is 10. The lowest BCUT2D eigenvalue weighted by molar-refractivity contribution is -0.423. The monoisotopic (exact) mass is 2090 g/mol. The molecule has 0 unspecified atom stereocenters. The number of nitro benzene ring substituents is 4. The summed E-state index contributed by atoms with van der Waals surface area (Å²) in [6, 6.07) is 89.6. The summed E-state index contributed by atoms with van der Waals surface area (Å²) in [4.78, 5) is 75.1. The average molecular weight is 2100 g/mol. The lowest BCUT2D eigenvalue weighted by atomic mass is 9.81. The van der Waals surface area contributed by atoms with Crippen LogP contribution in [-0.2, 0) is 4.79 Å². The first-order valence-electron chi connectivity index (χ1n) is 38.9. The highest BCUT2D eigenvalue weighted by Crippen LogP contribution is 2.52. The highest BCUT2D eigenvalue weighted by atomic mass is 79.9. The maximum atomic E-state index is 11.9. The Kier molecular flexibility index (Phi) is 27.9. The van der Waals surface area contributed by atoms with Crippen LogP contribution in [0.4, 0.5) is 34.1 Å². The topological polar surface area (TPSA) is 454 Å². The number of nitrogens with two attached hydrogens (primary N) is 2. The van der Waals surface area contributed by atoms with E-state index in [4.69, 9.17) is 40.2 Å². The zero-order chi connectivity index (χ0) is 92.4. The third-order valence-corrected chi connectivity index (χ3v) is 25.8. The Labute approximate surface area is 799 Å². The van der Waals surface area contributed by atoms with Gasteiger partial charge in [-0.1, -0.05) is 273 Å². The molecule has 0 atom stereocenters. The Balaban J connectivity index is 0.000000117. The van der Waals surface area contributed by atoms with E-state index in [9.17, 15) is 50.0 Å². The van der Waals surface area contributed by atoms with Crippen molar-refractivity contribution in [1.82, 2.24) is 53.7 Å². The number of hydrogen-bond acceptors (Lipinski definition) is 31. The number of anilines is 2. The number of allylic oxidation sites excluding steroid dienone is 1. The van der Waals surface area contributed by atoms with Gasteiger partial charge in [0.15, 0.2) is 0 Å². The molecular weight excluding hydrogens is 2040 g/mol. The van der Waals surface area contributed by atoms with Crippen molar-refractivity contribution in [2.24, 2.45) is 0 Å². The molecule has 15 aromatic carbocycles. The quantitative estimate of drug-likeness (QED) is 0.0178. The summed E-state index contributed by atoms with van der Waals surface area (Å²) in [6.07, 6.45) is 2.98. The van der Waals surface area contributed by atoms with E-state index >= 15 is 0 Å². The van der Waals surface area contributed by atoms with E-state index in [1.54, 1.807) is 103 Å². The summed E-state index contributed by atoms with van der Waals surface area (Å²) in [6.45, 7) is 0. The van der Waals surface area contributed by atoms with Crippen LogP contribution in [-0.4, -0.2) is 102 Å². The van der Waals surface area contributed by atoms with Gasteiger partial charge < -0.3 is 21.5 Å². The van der Waals surface area contributed by atoms with Crippen molar-refractivity contribution in [2.75, 3.05) is 11.5 Å². The van der Waals surface area contributed by atoms with Gasteiger partial charge in [-0.2, -0.15) is 43.7 Å². The molecule has 1 aliphatic carbocycles. The van der Waals surface area contributed by atoms with E-state index in [2.05, 4.69) is 159 Å². The van der Waals surface area contributed by atoms with Crippen molar-refractivity contribution in [2.45, 2.75) is 0 Å². The number of hydrogen-bond donors (Lipinski definition) is 4. The lowest BCUT2D eigenvalue weighted by Gasteiger charge is -2.14. The first-order chi connectivity index (χ1) is 64.1. The number of Topliss-reactive ketones (excluding diaryl/α,β-unsaturated/α-hetero) is 1. The summed E-state index contributed by atoms with van der Waals surface area (Å²) < 4.78 is 44.7. The van der Waals surface area contributed by atoms with Gasteiger partial charge in [0.1, 0.15) is 75.1 Å². The van der Waals surface area contributed by atoms with Crippen molar-refractivity contribution >= 4 is 275 Å². The maximum absolute atomic E-state index is 11.9. The van der Waals surface area contributed by atoms with E-state index in [1.165, 1.54) is 41.3 Å². The van der Waals surface area contributed by atoms with Crippen LogP contribution >= 0.6 is 122 Å². The minimum Gasteiger partial charge on any atom is -0.423 e. The zero-order valence-electron chi connectivity index (χ0n) is 67.2. The number of aromatic nitrogens is 12. The fraction of sp³-hybridized carbons (Fsp3) is 0. The Bertz CT molecular complexity index is 7790.